The Kier molecular flexibility index (Phi) is 7.13. The molecule has 9 heteroatoms. The van der Waals surface area contributed by atoms with Crippen molar-refractivity contribution in [3.05, 3.63) is 38.9 Å². The van der Waals surface area contributed by atoms with Crippen molar-refractivity contribution in [1.82, 2.24) is 14.5 Å². The molecule has 0 spiro atoms. The molecule has 1 saturated heterocycles. The molecule has 0 saturated carbocycles. The Hall–Kier alpha value is -2.00. The summed E-state index contributed by atoms with van der Waals surface area (Å²) in [5.41, 5.74) is 8.29. The lowest BCUT2D eigenvalue weighted by molar-refractivity contribution is -0.00535. The van der Waals surface area contributed by atoms with Gasteiger partial charge in [0.2, 0.25) is 5.95 Å². The molecule has 7 nitrogen and oxygen atoms in total. The number of aromatic nitrogens is 3. The summed E-state index contributed by atoms with van der Waals surface area (Å²) in [5.74, 6) is 0.472. The van der Waals surface area contributed by atoms with Crippen LogP contribution in [0.2, 0.25) is 5.02 Å². The molecule has 3 aromatic rings. The van der Waals surface area contributed by atoms with E-state index >= 15 is 0 Å². The number of thiophene rings is 1. The van der Waals surface area contributed by atoms with Gasteiger partial charge in [0.25, 0.3) is 5.56 Å². The summed E-state index contributed by atoms with van der Waals surface area (Å²) in [6.07, 6.45) is 5.14. The minimum atomic E-state index is -0.186. The van der Waals surface area contributed by atoms with E-state index in [1.165, 1.54) is 17.5 Å². The molecule has 0 amide bonds. The van der Waals surface area contributed by atoms with E-state index in [2.05, 4.69) is 23.8 Å². The van der Waals surface area contributed by atoms with Crippen LogP contribution in [0.3, 0.4) is 0 Å². The molecule has 1 aliphatic heterocycles. The van der Waals surface area contributed by atoms with Gasteiger partial charge in [0.15, 0.2) is 0 Å². The number of pyridine rings is 1. The number of rotatable bonds is 2. The van der Waals surface area contributed by atoms with Crippen molar-refractivity contribution in [1.29, 1.82) is 0 Å². The van der Waals surface area contributed by atoms with Crippen LogP contribution in [-0.4, -0.2) is 39.0 Å². The average molecular weight is 451 g/mol. The summed E-state index contributed by atoms with van der Waals surface area (Å²) >= 11 is 7.78. The number of aliphatic hydroxyl groups is 1. The molecule has 1 atom stereocenters. The number of nitrogens with two attached hydrogens (primary N) is 1. The van der Waals surface area contributed by atoms with Crippen LogP contribution in [0, 0.1) is 6.92 Å². The van der Waals surface area contributed by atoms with Crippen molar-refractivity contribution >= 4 is 39.0 Å². The summed E-state index contributed by atoms with van der Waals surface area (Å²) in [5, 5.41) is 9.94. The van der Waals surface area contributed by atoms with E-state index in [0.29, 0.717) is 23.2 Å². The van der Waals surface area contributed by atoms with E-state index in [1.54, 1.807) is 11.6 Å². The van der Waals surface area contributed by atoms with Gasteiger partial charge in [-0.05, 0) is 36.8 Å². The van der Waals surface area contributed by atoms with Crippen molar-refractivity contribution in [2.75, 3.05) is 18.9 Å². The van der Waals surface area contributed by atoms with Crippen LogP contribution in [0.4, 0.5) is 5.95 Å². The van der Waals surface area contributed by atoms with E-state index in [1.807, 2.05) is 13.1 Å². The zero-order valence-electron chi connectivity index (χ0n) is 17.6. The Morgan fingerprint density at radius 3 is 2.73 bits per heavy atom. The van der Waals surface area contributed by atoms with Crippen LogP contribution < -0.4 is 11.3 Å². The highest BCUT2D eigenvalue weighted by molar-refractivity contribution is 7.22. The predicted molar refractivity (Wildman–Crippen MR) is 122 cm³/mol. The van der Waals surface area contributed by atoms with Gasteiger partial charge in [-0.2, -0.15) is 0 Å². The summed E-state index contributed by atoms with van der Waals surface area (Å²) in [7, 11) is 1.78. The van der Waals surface area contributed by atoms with Gasteiger partial charge in [0.1, 0.15) is 5.69 Å². The molecular weight excluding hydrogens is 424 g/mol. The average Bonchev–Trinajstić information content (AvgIpc) is 3.05. The molecule has 0 aliphatic carbocycles. The number of nitrogen functional groups attached to an aromatic ring is 1. The van der Waals surface area contributed by atoms with E-state index < -0.39 is 0 Å². The van der Waals surface area contributed by atoms with Crippen LogP contribution in [-0.2, 0) is 11.8 Å². The number of hydrogen-bond donors (Lipinski definition) is 2. The van der Waals surface area contributed by atoms with Gasteiger partial charge in [-0.1, -0.05) is 25.4 Å². The number of halogens is 1. The first-order valence-electron chi connectivity index (χ1n) is 9.87. The zero-order valence-corrected chi connectivity index (χ0v) is 19.2. The molecule has 3 aromatic heterocycles. The topological polar surface area (TPSA) is 103 Å². The van der Waals surface area contributed by atoms with Crippen LogP contribution in [0.1, 0.15) is 43.7 Å². The highest BCUT2D eigenvalue weighted by Gasteiger charge is 2.21. The number of nitrogens with zero attached hydrogens (tertiary/aromatic N) is 3. The van der Waals surface area contributed by atoms with E-state index in [4.69, 9.17) is 27.2 Å². The van der Waals surface area contributed by atoms with Gasteiger partial charge in [-0.25, -0.2) is 9.97 Å². The van der Waals surface area contributed by atoms with Crippen molar-refractivity contribution in [2.45, 2.75) is 45.6 Å². The standard InChI is InChI=1S/C16H17ClN4OS.C5H10O2/c1-7(2)9-6-21(4)15(22)11-8(3)13(23-14(9)11)12-10(17)5-19-16(18)20-12;6-5-2-1-3-7-4-5/h5-7H,1-4H3,(H2,18,19,20);5-6H,1-4H2. The number of aryl methyl sites for hydroxylation is 2. The second-order valence-electron chi connectivity index (χ2n) is 7.71. The van der Waals surface area contributed by atoms with E-state index in [0.717, 1.165) is 45.5 Å². The highest BCUT2D eigenvalue weighted by atomic mass is 35.5. The minimum Gasteiger partial charge on any atom is -0.391 e. The minimum absolute atomic E-state index is 0.0115. The first kappa shape index (κ1) is 22.7. The maximum absolute atomic E-state index is 12.6. The second-order valence-corrected chi connectivity index (χ2v) is 9.14. The maximum atomic E-state index is 12.6. The van der Waals surface area contributed by atoms with Crippen LogP contribution in [0.25, 0.3) is 20.7 Å². The van der Waals surface area contributed by atoms with E-state index in [9.17, 15) is 4.79 Å². The second kappa shape index (κ2) is 9.43. The SMILES string of the molecule is Cc1c(-c2nc(N)ncc2Cl)sc2c(C(C)C)cn(C)c(=O)c12.OC1CCCOC1. The summed E-state index contributed by atoms with van der Waals surface area (Å²) < 4.78 is 7.56. The van der Waals surface area contributed by atoms with Crippen LogP contribution >= 0.6 is 22.9 Å². The zero-order chi connectivity index (χ0) is 22.0. The Morgan fingerprint density at radius 1 is 1.43 bits per heavy atom. The summed E-state index contributed by atoms with van der Waals surface area (Å²) in [6, 6.07) is 0. The van der Waals surface area contributed by atoms with Gasteiger partial charge in [0.05, 0.1) is 34.2 Å². The fourth-order valence-electron chi connectivity index (χ4n) is 3.38. The number of aliphatic hydroxyl groups excluding tert-OH is 1. The quantitative estimate of drug-likeness (QED) is 0.614. The van der Waals surface area contributed by atoms with Gasteiger partial charge >= 0.3 is 0 Å². The number of fused-ring (bicyclic) bond motifs is 1. The van der Waals surface area contributed by atoms with Crippen molar-refractivity contribution < 1.29 is 9.84 Å². The largest absolute Gasteiger partial charge is 0.391 e. The molecule has 162 valence electrons. The molecule has 0 aromatic carbocycles. The molecule has 4 heterocycles. The molecule has 1 unspecified atom stereocenters. The molecule has 1 aliphatic rings. The fraction of sp³-hybridized carbons (Fsp3) is 0.476. The van der Waals surface area contributed by atoms with Gasteiger partial charge < -0.3 is 20.1 Å². The van der Waals surface area contributed by atoms with Gasteiger partial charge in [-0.3, -0.25) is 4.79 Å². The highest BCUT2D eigenvalue weighted by Crippen LogP contribution is 2.41. The monoisotopic (exact) mass is 450 g/mol. The van der Waals surface area contributed by atoms with Crippen LogP contribution in [0.5, 0.6) is 0 Å². The number of hydrogen-bond acceptors (Lipinski definition) is 7. The molecule has 0 radical (unpaired) electrons. The molecule has 30 heavy (non-hydrogen) atoms. The first-order valence-corrected chi connectivity index (χ1v) is 11.1. The Morgan fingerprint density at radius 2 is 2.17 bits per heavy atom. The molecular formula is C21H27ClN4O3S. The van der Waals surface area contributed by atoms with Crippen molar-refractivity contribution in [3.8, 4) is 10.6 Å². The Balaban J connectivity index is 0.000000310. The first-order chi connectivity index (χ1) is 14.2. The number of ether oxygens (including phenoxy) is 1. The van der Waals surface area contributed by atoms with E-state index in [-0.39, 0.29) is 17.6 Å². The molecule has 4 rings (SSSR count). The Labute approximate surface area is 184 Å². The summed E-state index contributed by atoms with van der Waals surface area (Å²) in [6.45, 7) is 7.53. The predicted octanol–water partition coefficient (Wildman–Crippen LogP) is 3.88. The molecule has 0 bridgehead atoms. The fourth-order valence-corrected chi connectivity index (χ4v) is 5.08. The normalized spacial score (nSPS) is 16.6. The lowest BCUT2D eigenvalue weighted by atomic mass is 10.0. The van der Waals surface area contributed by atoms with Crippen LogP contribution in [0.15, 0.2) is 17.2 Å². The third kappa shape index (κ3) is 4.67. The molecule has 1 fully saturated rings. The van der Waals surface area contributed by atoms with Crippen molar-refractivity contribution in [2.24, 2.45) is 7.05 Å². The smallest absolute Gasteiger partial charge is 0.259 e. The Bertz CT molecular complexity index is 1100. The third-order valence-corrected chi connectivity index (χ3v) is 6.64. The third-order valence-electron chi connectivity index (χ3n) is 5.01. The maximum Gasteiger partial charge on any atom is 0.259 e. The summed E-state index contributed by atoms with van der Waals surface area (Å²) in [4.78, 5) is 21.6. The lowest BCUT2D eigenvalue weighted by Gasteiger charge is -2.15. The number of anilines is 1. The van der Waals surface area contributed by atoms with Gasteiger partial charge in [-0.15, -0.1) is 11.3 Å². The lowest BCUT2D eigenvalue weighted by Crippen LogP contribution is -2.21. The van der Waals surface area contributed by atoms with Crippen molar-refractivity contribution in [3.63, 3.8) is 0 Å². The van der Waals surface area contributed by atoms with Gasteiger partial charge in [0, 0.05) is 24.6 Å². The molecule has 3 N–H and O–H groups in total.